The maximum absolute atomic E-state index is 12.2. The Balaban J connectivity index is 2.85. The smallest absolute Gasteiger partial charge is 0.274 e. The molecule has 1 aromatic rings. The molecule has 0 fully saturated rings. The van der Waals surface area contributed by atoms with Crippen LogP contribution in [0.4, 0.5) is 5.82 Å². The summed E-state index contributed by atoms with van der Waals surface area (Å²) in [6, 6.07) is 3.63. The molecule has 0 aromatic carbocycles. The minimum absolute atomic E-state index is 0.0583. The molecule has 1 N–H and O–H groups in total. The second-order valence-electron chi connectivity index (χ2n) is 4.15. The van der Waals surface area contributed by atoms with E-state index in [4.69, 9.17) is 0 Å². The molecule has 1 rings (SSSR count). The highest BCUT2D eigenvalue weighted by molar-refractivity contribution is 5.92. The molecular formula is C12H20N4O. The van der Waals surface area contributed by atoms with Crippen molar-refractivity contribution in [2.75, 3.05) is 18.9 Å². The third kappa shape index (κ3) is 3.41. The van der Waals surface area contributed by atoms with Gasteiger partial charge in [-0.15, -0.1) is 10.2 Å². The molecule has 0 bridgehead atoms. The first-order valence-corrected chi connectivity index (χ1v) is 5.92. The van der Waals surface area contributed by atoms with Crippen LogP contribution in [0.2, 0.25) is 0 Å². The third-order valence-electron chi connectivity index (χ3n) is 2.49. The van der Waals surface area contributed by atoms with Crippen LogP contribution in [0, 0.1) is 0 Å². The first kappa shape index (κ1) is 13.4. The van der Waals surface area contributed by atoms with Crippen molar-refractivity contribution in [2.24, 2.45) is 0 Å². The van der Waals surface area contributed by atoms with Crippen molar-refractivity contribution in [1.29, 1.82) is 0 Å². The van der Waals surface area contributed by atoms with E-state index in [1.54, 1.807) is 19.2 Å². The lowest BCUT2D eigenvalue weighted by Gasteiger charge is -2.25. The fourth-order valence-electron chi connectivity index (χ4n) is 1.56. The number of carbonyl (C=O) groups excluding carboxylic acids is 1. The van der Waals surface area contributed by atoms with Crippen molar-refractivity contribution in [3.8, 4) is 0 Å². The summed E-state index contributed by atoms with van der Waals surface area (Å²) < 4.78 is 0. The number of aromatic nitrogens is 2. The zero-order valence-electron chi connectivity index (χ0n) is 10.9. The van der Waals surface area contributed by atoms with Crippen LogP contribution in [0.25, 0.3) is 0 Å². The zero-order valence-corrected chi connectivity index (χ0v) is 10.9. The number of anilines is 1. The summed E-state index contributed by atoms with van der Waals surface area (Å²) in [5.74, 6) is 0.602. The predicted octanol–water partition coefficient (Wildman–Crippen LogP) is 1.78. The molecule has 94 valence electrons. The highest BCUT2D eigenvalue weighted by Gasteiger charge is 2.19. The van der Waals surface area contributed by atoms with E-state index in [-0.39, 0.29) is 11.9 Å². The van der Waals surface area contributed by atoms with Crippen LogP contribution in [0.1, 0.15) is 37.7 Å². The Kier molecular flexibility index (Phi) is 4.87. The number of amides is 1. The van der Waals surface area contributed by atoms with Gasteiger partial charge in [0.1, 0.15) is 5.82 Å². The van der Waals surface area contributed by atoms with Crippen LogP contribution in [0.3, 0.4) is 0 Å². The summed E-state index contributed by atoms with van der Waals surface area (Å²) in [6.07, 6.45) is 0.936. The zero-order chi connectivity index (χ0) is 12.8. The molecule has 0 spiro atoms. The topological polar surface area (TPSA) is 58.1 Å². The van der Waals surface area contributed by atoms with Gasteiger partial charge >= 0.3 is 0 Å². The number of rotatable bonds is 5. The highest BCUT2D eigenvalue weighted by atomic mass is 16.2. The summed E-state index contributed by atoms with van der Waals surface area (Å²) >= 11 is 0. The maximum atomic E-state index is 12.2. The molecule has 1 amide bonds. The van der Waals surface area contributed by atoms with Crippen molar-refractivity contribution in [3.63, 3.8) is 0 Å². The largest absolute Gasteiger partial charge is 0.372 e. The van der Waals surface area contributed by atoms with Crippen molar-refractivity contribution in [3.05, 3.63) is 17.8 Å². The molecule has 0 aliphatic carbocycles. The SMILES string of the molecule is CCCN(C(=O)c1ccc(NC)nn1)C(C)C. The second kappa shape index (κ2) is 6.18. The lowest BCUT2D eigenvalue weighted by atomic mass is 10.2. The summed E-state index contributed by atoms with van der Waals surface area (Å²) in [5, 5.41) is 10.7. The highest BCUT2D eigenvalue weighted by Crippen LogP contribution is 2.08. The van der Waals surface area contributed by atoms with E-state index >= 15 is 0 Å². The first-order valence-electron chi connectivity index (χ1n) is 5.92. The molecule has 1 aromatic heterocycles. The Morgan fingerprint density at radius 1 is 1.41 bits per heavy atom. The molecule has 0 radical (unpaired) electrons. The molecule has 0 saturated carbocycles. The minimum atomic E-state index is -0.0583. The van der Waals surface area contributed by atoms with E-state index in [2.05, 4.69) is 22.4 Å². The Morgan fingerprint density at radius 2 is 2.12 bits per heavy atom. The van der Waals surface area contributed by atoms with Gasteiger partial charge in [-0.2, -0.15) is 0 Å². The van der Waals surface area contributed by atoms with E-state index < -0.39 is 0 Å². The number of hydrogen-bond donors (Lipinski definition) is 1. The van der Waals surface area contributed by atoms with Gasteiger partial charge < -0.3 is 10.2 Å². The molecule has 5 heteroatoms. The Hall–Kier alpha value is -1.65. The van der Waals surface area contributed by atoms with Gasteiger partial charge in [-0.1, -0.05) is 6.92 Å². The van der Waals surface area contributed by atoms with Gasteiger partial charge in [-0.3, -0.25) is 4.79 Å². The van der Waals surface area contributed by atoms with E-state index in [0.29, 0.717) is 11.5 Å². The molecular weight excluding hydrogens is 216 g/mol. The van der Waals surface area contributed by atoms with Crippen LogP contribution >= 0.6 is 0 Å². The fraction of sp³-hybridized carbons (Fsp3) is 0.583. The van der Waals surface area contributed by atoms with Gasteiger partial charge in [-0.25, -0.2) is 0 Å². The van der Waals surface area contributed by atoms with Gasteiger partial charge in [0.15, 0.2) is 5.69 Å². The van der Waals surface area contributed by atoms with Gasteiger partial charge in [0.25, 0.3) is 5.91 Å². The molecule has 0 atom stereocenters. The Labute approximate surface area is 102 Å². The average molecular weight is 236 g/mol. The maximum Gasteiger partial charge on any atom is 0.274 e. The predicted molar refractivity (Wildman–Crippen MR) is 68.0 cm³/mol. The van der Waals surface area contributed by atoms with Crippen molar-refractivity contribution in [2.45, 2.75) is 33.2 Å². The number of hydrogen-bond acceptors (Lipinski definition) is 4. The van der Waals surface area contributed by atoms with Crippen LogP contribution in [0.15, 0.2) is 12.1 Å². The normalized spacial score (nSPS) is 10.4. The van der Waals surface area contributed by atoms with Crippen LogP contribution < -0.4 is 5.32 Å². The lowest BCUT2D eigenvalue weighted by molar-refractivity contribution is 0.0698. The van der Waals surface area contributed by atoms with Crippen molar-refractivity contribution >= 4 is 11.7 Å². The van der Waals surface area contributed by atoms with Gasteiger partial charge in [0.2, 0.25) is 0 Å². The molecule has 5 nitrogen and oxygen atoms in total. The molecule has 0 aliphatic heterocycles. The van der Waals surface area contributed by atoms with Crippen LogP contribution in [-0.2, 0) is 0 Å². The Morgan fingerprint density at radius 3 is 2.53 bits per heavy atom. The summed E-state index contributed by atoms with van der Waals surface area (Å²) in [6.45, 7) is 6.80. The standard InChI is InChI=1S/C12H20N4O/c1-5-8-16(9(2)3)12(17)10-6-7-11(13-4)15-14-10/h6-7,9H,5,8H2,1-4H3,(H,13,15). The van der Waals surface area contributed by atoms with E-state index in [1.807, 2.05) is 18.7 Å². The number of nitrogens with zero attached hydrogens (tertiary/aromatic N) is 3. The number of carbonyl (C=O) groups is 1. The van der Waals surface area contributed by atoms with Crippen molar-refractivity contribution in [1.82, 2.24) is 15.1 Å². The summed E-state index contributed by atoms with van der Waals surface area (Å²) in [7, 11) is 1.77. The summed E-state index contributed by atoms with van der Waals surface area (Å²) in [4.78, 5) is 14.0. The van der Waals surface area contributed by atoms with E-state index in [0.717, 1.165) is 13.0 Å². The number of nitrogens with one attached hydrogen (secondary N) is 1. The molecule has 0 saturated heterocycles. The van der Waals surface area contributed by atoms with E-state index in [1.165, 1.54) is 0 Å². The van der Waals surface area contributed by atoms with Crippen molar-refractivity contribution < 1.29 is 4.79 Å². The average Bonchev–Trinajstić information content (AvgIpc) is 2.35. The monoisotopic (exact) mass is 236 g/mol. The van der Waals surface area contributed by atoms with Crippen LogP contribution in [-0.4, -0.2) is 40.6 Å². The summed E-state index contributed by atoms with van der Waals surface area (Å²) in [5.41, 5.74) is 0.395. The van der Waals surface area contributed by atoms with Gasteiger partial charge in [-0.05, 0) is 32.4 Å². The first-order chi connectivity index (χ1) is 8.10. The fourth-order valence-corrected chi connectivity index (χ4v) is 1.56. The second-order valence-corrected chi connectivity index (χ2v) is 4.15. The third-order valence-corrected chi connectivity index (χ3v) is 2.49. The minimum Gasteiger partial charge on any atom is -0.372 e. The quantitative estimate of drug-likeness (QED) is 0.846. The van der Waals surface area contributed by atoms with Crippen LogP contribution in [0.5, 0.6) is 0 Å². The molecule has 17 heavy (non-hydrogen) atoms. The molecule has 0 unspecified atom stereocenters. The molecule has 1 heterocycles. The Bertz CT molecular complexity index is 361. The van der Waals surface area contributed by atoms with Gasteiger partial charge in [0.05, 0.1) is 0 Å². The molecule has 0 aliphatic rings. The lowest BCUT2D eigenvalue weighted by Crippen LogP contribution is -2.38. The van der Waals surface area contributed by atoms with E-state index in [9.17, 15) is 4.79 Å². The van der Waals surface area contributed by atoms with Gasteiger partial charge in [0, 0.05) is 19.6 Å².